The van der Waals surface area contributed by atoms with Gasteiger partial charge in [-0.25, -0.2) is 12.7 Å². The first-order valence-electron chi connectivity index (χ1n) is 9.54. The van der Waals surface area contributed by atoms with Crippen LogP contribution < -0.4 is 5.32 Å². The van der Waals surface area contributed by atoms with E-state index in [0.29, 0.717) is 41.2 Å². The molecule has 8 nitrogen and oxygen atoms in total. The van der Waals surface area contributed by atoms with E-state index in [-0.39, 0.29) is 28.9 Å². The van der Waals surface area contributed by atoms with Gasteiger partial charge in [-0.15, -0.1) is 0 Å². The number of amides is 1. The van der Waals surface area contributed by atoms with Crippen LogP contribution in [0.3, 0.4) is 0 Å². The number of nitrogens with zero attached hydrogens (tertiary/aromatic N) is 2. The molecule has 1 amide bonds. The number of nitrogens with one attached hydrogen (secondary N) is 1. The van der Waals surface area contributed by atoms with E-state index >= 15 is 0 Å². The molecule has 1 fully saturated rings. The van der Waals surface area contributed by atoms with Gasteiger partial charge in [0.15, 0.2) is 0 Å². The van der Waals surface area contributed by atoms with Gasteiger partial charge in [-0.2, -0.15) is 0 Å². The lowest BCUT2D eigenvalue weighted by Gasteiger charge is -2.31. The molecular weight excluding hydrogens is 465 g/mol. The van der Waals surface area contributed by atoms with Crippen LogP contribution in [-0.4, -0.2) is 36.6 Å². The lowest BCUT2D eigenvalue weighted by atomic mass is 9.98. The molecule has 1 saturated heterocycles. The average molecular weight is 486 g/mol. The van der Waals surface area contributed by atoms with Crippen molar-refractivity contribution in [2.24, 2.45) is 5.92 Å². The monoisotopic (exact) mass is 485 g/mol. The fourth-order valence-corrected chi connectivity index (χ4v) is 5.35. The molecule has 2 aromatic carbocycles. The van der Waals surface area contributed by atoms with Crippen molar-refractivity contribution in [3.05, 3.63) is 67.7 Å². The summed E-state index contributed by atoms with van der Waals surface area (Å²) in [5.41, 5.74) is 1.40. The van der Waals surface area contributed by atoms with Gasteiger partial charge in [0.1, 0.15) is 0 Å². The predicted molar refractivity (Wildman–Crippen MR) is 120 cm³/mol. The number of hydrogen-bond donors (Lipinski definition) is 1. The number of piperidine rings is 1. The van der Waals surface area contributed by atoms with Gasteiger partial charge in [-0.3, -0.25) is 14.9 Å². The lowest BCUT2D eigenvalue weighted by molar-refractivity contribution is -0.384. The minimum atomic E-state index is -3.67. The maximum Gasteiger partial charge on any atom is 0.271 e. The van der Waals surface area contributed by atoms with Gasteiger partial charge in [0.2, 0.25) is 15.9 Å². The van der Waals surface area contributed by atoms with Crippen LogP contribution in [0.25, 0.3) is 0 Å². The van der Waals surface area contributed by atoms with E-state index in [4.69, 9.17) is 23.2 Å². The minimum absolute atomic E-state index is 0.0451. The van der Waals surface area contributed by atoms with Crippen molar-refractivity contribution in [3.8, 4) is 0 Å². The number of nitro groups is 1. The van der Waals surface area contributed by atoms with Gasteiger partial charge in [0, 0.05) is 25.2 Å². The summed E-state index contributed by atoms with van der Waals surface area (Å²) in [5, 5.41) is 14.3. The Bertz CT molecular complexity index is 1120. The number of carbonyl (C=O) groups is 1. The normalized spacial score (nSPS) is 17.3. The Labute approximate surface area is 190 Å². The Morgan fingerprint density at radius 3 is 2.65 bits per heavy atom. The van der Waals surface area contributed by atoms with Crippen LogP contribution in [0.4, 0.5) is 11.4 Å². The number of hydrogen-bond acceptors (Lipinski definition) is 5. The van der Waals surface area contributed by atoms with Crippen LogP contribution in [0.15, 0.2) is 36.4 Å². The predicted octanol–water partition coefficient (Wildman–Crippen LogP) is 4.39. The molecule has 1 heterocycles. The second-order valence-electron chi connectivity index (χ2n) is 7.45. The lowest BCUT2D eigenvalue weighted by Crippen LogP contribution is -2.44. The van der Waals surface area contributed by atoms with Crippen molar-refractivity contribution in [1.29, 1.82) is 0 Å². The molecular formula is C20H21Cl2N3O5S. The van der Waals surface area contributed by atoms with Gasteiger partial charge in [0.25, 0.3) is 5.69 Å². The first-order valence-corrected chi connectivity index (χ1v) is 11.9. The van der Waals surface area contributed by atoms with Crippen LogP contribution in [0, 0.1) is 23.0 Å². The molecule has 11 heteroatoms. The molecule has 2 aromatic rings. The van der Waals surface area contributed by atoms with Crippen LogP contribution in [0.1, 0.15) is 24.0 Å². The van der Waals surface area contributed by atoms with Gasteiger partial charge in [-0.1, -0.05) is 35.3 Å². The Morgan fingerprint density at radius 2 is 1.97 bits per heavy atom. The summed E-state index contributed by atoms with van der Waals surface area (Å²) in [7, 11) is -3.67. The third-order valence-corrected chi connectivity index (χ3v) is 7.73. The number of halogens is 2. The number of rotatable bonds is 6. The van der Waals surface area contributed by atoms with E-state index in [1.165, 1.54) is 22.5 Å². The summed E-state index contributed by atoms with van der Waals surface area (Å²) < 4.78 is 27.1. The first kappa shape index (κ1) is 23.5. The molecule has 166 valence electrons. The minimum Gasteiger partial charge on any atom is -0.325 e. The van der Waals surface area contributed by atoms with Crippen molar-refractivity contribution < 1.29 is 18.1 Å². The van der Waals surface area contributed by atoms with Crippen LogP contribution >= 0.6 is 23.2 Å². The highest BCUT2D eigenvalue weighted by Crippen LogP contribution is 2.27. The zero-order chi connectivity index (χ0) is 22.8. The van der Waals surface area contributed by atoms with Crippen molar-refractivity contribution in [2.75, 3.05) is 18.4 Å². The van der Waals surface area contributed by atoms with E-state index in [0.717, 1.165) is 0 Å². The van der Waals surface area contributed by atoms with Crippen LogP contribution in [0.5, 0.6) is 0 Å². The number of anilines is 1. The van der Waals surface area contributed by atoms with Gasteiger partial charge in [0.05, 0.1) is 32.3 Å². The zero-order valence-corrected chi connectivity index (χ0v) is 19.0. The molecule has 1 atom stereocenters. The highest BCUT2D eigenvalue weighted by Gasteiger charge is 2.32. The number of aryl methyl sites for hydroxylation is 1. The van der Waals surface area contributed by atoms with E-state index in [1.54, 1.807) is 25.1 Å². The third-order valence-electron chi connectivity index (χ3n) is 5.17. The molecule has 1 aliphatic rings. The summed E-state index contributed by atoms with van der Waals surface area (Å²) in [4.78, 5) is 23.2. The van der Waals surface area contributed by atoms with Crippen molar-refractivity contribution in [3.63, 3.8) is 0 Å². The molecule has 0 spiro atoms. The quantitative estimate of drug-likeness (QED) is 0.481. The summed E-state index contributed by atoms with van der Waals surface area (Å²) in [6.45, 7) is 2.10. The third kappa shape index (κ3) is 5.74. The maximum absolute atomic E-state index is 12.9. The summed E-state index contributed by atoms with van der Waals surface area (Å²) in [6.07, 6.45) is 1.06. The van der Waals surface area contributed by atoms with E-state index in [2.05, 4.69) is 5.32 Å². The second kappa shape index (κ2) is 9.52. The number of carbonyl (C=O) groups excluding carboxylic acids is 1. The Balaban J connectivity index is 1.70. The Morgan fingerprint density at radius 1 is 1.23 bits per heavy atom. The molecule has 3 rings (SSSR count). The number of nitro benzene ring substituents is 1. The highest BCUT2D eigenvalue weighted by molar-refractivity contribution is 7.88. The fraction of sp³-hybridized carbons (Fsp3) is 0.350. The largest absolute Gasteiger partial charge is 0.325 e. The number of sulfonamides is 1. The fourth-order valence-electron chi connectivity index (χ4n) is 3.43. The second-order valence-corrected chi connectivity index (χ2v) is 10.2. The molecule has 0 aromatic heterocycles. The highest BCUT2D eigenvalue weighted by atomic mass is 35.5. The first-order chi connectivity index (χ1) is 14.6. The van der Waals surface area contributed by atoms with Crippen LogP contribution in [-0.2, 0) is 20.6 Å². The maximum atomic E-state index is 12.9. The summed E-state index contributed by atoms with van der Waals surface area (Å²) in [6, 6.07) is 8.88. The van der Waals surface area contributed by atoms with Crippen molar-refractivity contribution in [2.45, 2.75) is 25.5 Å². The van der Waals surface area contributed by atoms with Gasteiger partial charge < -0.3 is 5.32 Å². The van der Waals surface area contributed by atoms with E-state index in [1.807, 2.05) is 0 Å². The molecule has 0 radical (unpaired) electrons. The standard InChI is InChI=1S/C20H21Cl2N3O5S/c1-13-4-6-16(25(27)28)10-19(13)23-20(26)15-3-2-8-24(11-15)31(29,30)12-14-5-7-17(21)18(22)9-14/h4-7,9-10,15H,2-3,8,11-12H2,1H3,(H,23,26)/t15-/m1/s1. The SMILES string of the molecule is Cc1ccc([N+](=O)[O-])cc1NC(=O)[C@@H]1CCCN(S(=O)(=O)Cc2ccc(Cl)c(Cl)c2)C1. The zero-order valence-electron chi connectivity index (χ0n) is 16.7. The molecule has 31 heavy (non-hydrogen) atoms. The van der Waals surface area contributed by atoms with Gasteiger partial charge in [-0.05, 0) is 43.0 Å². The number of benzene rings is 2. The Kier molecular flexibility index (Phi) is 7.20. The molecule has 1 N–H and O–H groups in total. The smallest absolute Gasteiger partial charge is 0.271 e. The van der Waals surface area contributed by atoms with Crippen LogP contribution in [0.2, 0.25) is 10.0 Å². The topological polar surface area (TPSA) is 110 Å². The number of non-ortho nitro benzene ring substituents is 1. The molecule has 0 unspecified atom stereocenters. The average Bonchev–Trinajstić information content (AvgIpc) is 2.72. The summed E-state index contributed by atoms with van der Waals surface area (Å²) >= 11 is 11.9. The van der Waals surface area contributed by atoms with Crippen molar-refractivity contribution in [1.82, 2.24) is 4.31 Å². The Hall–Kier alpha value is -2.20. The molecule has 0 saturated carbocycles. The van der Waals surface area contributed by atoms with Gasteiger partial charge >= 0.3 is 0 Å². The molecule has 0 bridgehead atoms. The van der Waals surface area contributed by atoms with E-state index in [9.17, 15) is 23.3 Å². The summed E-state index contributed by atoms with van der Waals surface area (Å²) in [5.74, 6) is -1.17. The van der Waals surface area contributed by atoms with Crippen molar-refractivity contribution >= 4 is 50.5 Å². The molecule has 1 aliphatic heterocycles. The van der Waals surface area contributed by atoms with E-state index < -0.39 is 20.9 Å². The molecule has 0 aliphatic carbocycles.